The van der Waals surface area contributed by atoms with Crippen molar-refractivity contribution in [2.45, 2.75) is 78.2 Å². The van der Waals surface area contributed by atoms with Crippen LogP contribution in [0.15, 0.2) is 0 Å². The van der Waals surface area contributed by atoms with Crippen LogP contribution in [0.25, 0.3) is 0 Å². The second kappa shape index (κ2) is 5.25. The summed E-state index contributed by atoms with van der Waals surface area (Å²) >= 11 is 0. The zero-order valence-corrected chi connectivity index (χ0v) is 14.3. The molecule has 0 aromatic rings. The van der Waals surface area contributed by atoms with Gasteiger partial charge in [0, 0.05) is 0 Å². The summed E-state index contributed by atoms with van der Waals surface area (Å²) in [6.45, 7) is 8.44. The molecule has 0 spiro atoms. The average Bonchev–Trinajstić information content (AvgIpc) is 2.83. The Bertz CT molecular complexity index is 391. The molecule has 120 valence electrons. The van der Waals surface area contributed by atoms with Crippen LogP contribution in [0.1, 0.15) is 72.1 Å². The van der Waals surface area contributed by atoms with Crippen LogP contribution < -0.4 is 0 Å². The summed E-state index contributed by atoms with van der Waals surface area (Å²) in [5.41, 5.74) is 0.505. The van der Waals surface area contributed by atoms with Crippen molar-refractivity contribution < 1.29 is 4.74 Å². The molecule has 3 saturated carbocycles. The summed E-state index contributed by atoms with van der Waals surface area (Å²) in [5.74, 6) is 6.06. The summed E-state index contributed by atoms with van der Waals surface area (Å²) in [6, 6.07) is 0. The SMILES string of the molecule is CCC1OCC2C3CCC4CC(C)CCC4C3CCC12C. The van der Waals surface area contributed by atoms with Crippen molar-refractivity contribution in [3.05, 3.63) is 0 Å². The Morgan fingerprint density at radius 1 is 1.00 bits per heavy atom. The van der Waals surface area contributed by atoms with Gasteiger partial charge in [-0.05, 0) is 85.9 Å². The molecule has 0 radical (unpaired) electrons. The summed E-state index contributed by atoms with van der Waals surface area (Å²) < 4.78 is 6.25. The van der Waals surface area contributed by atoms with E-state index in [1.807, 2.05) is 0 Å². The maximum atomic E-state index is 6.25. The molecule has 1 saturated heterocycles. The largest absolute Gasteiger partial charge is 0.377 e. The van der Waals surface area contributed by atoms with Gasteiger partial charge in [-0.3, -0.25) is 0 Å². The number of hydrogen-bond donors (Lipinski definition) is 0. The molecule has 1 nitrogen and oxygen atoms in total. The molecule has 4 rings (SSSR count). The van der Waals surface area contributed by atoms with Crippen LogP contribution in [0.3, 0.4) is 0 Å². The number of fused-ring (bicyclic) bond motifs is 5. The van der Waals surface area contributed by atoms with Gasteiger partial charge in [-0.1, -0.05) is 27.2 Å². The first-order valence-electron chi connectivity index (χ1n) is 9.75. The molecular formula is C20H34O. The van der Waals surface area contributed by atoms with Gasteiger partial charge in [-0.25, -0.2) is 0 Å². The quantitative estimate of drug-likeness (QED) is 0.637. The Labute approximate surface area is 131 Å². The molecule has 1 aliphatic heterocycles. The van der Waals surface area contributed by atoms with Crippen molar-refractivity contribution in [2.75, 3.05) is 6.61 Å². The highest BCUT2D eigenvalue weighted by Crippen LogP contribution is 2.61. The van der Waals surface area contributed by atoms with Gasteiger partial charge in [-0.2, -0.15) is 0 Å². The van der Waals surface area contributed by atoms with Gasteiger partial charge in [-0.15, -0.1) is 0 Å². The Kier molecular flexibility index (Phi) is 3.64. The van der Waals surface area contributed by atoms with Gasteiger partial charge in [0.05, 0.1) is 12.7 Å². The highest BCUT2D eigenvalue weighted by molar-refractivity contribution is 5.05. The fourth-order valence-corrected chi connectivity index (χ4v) is 7.14. The summed E-state index contributed by atoms with van der Waals surface area (Å²) in [6.07, 6.45) is 12.3. The molecule has 8 atom stereocenters. The predicted molar refractivity (Wildman–Crippen MR) is 87.1 cm³/mol. The molecule has 0 bridgehead atoms. The van der Waals surface area contributed by atoms with E-state index >= 15 is 0 Å². The van der Waals surface area contributed by atoms with E-state index in [1.54, 1.807) is 0 Å². The van der Waals surface area contributed by atoms with E-state index in [0.717, 1.165) is 42.1 Å². The maximum Gasteiger partial charge on any atom is 0.0629 e. The highest BCUT2D eigenvalue weighted by Gasteiger charge is 2.57. The van der Waals surface area contributed by atoms with Crippen LogP contribution in [0.2, 0.25) is 0 Å². The van der Waals surface area contributed by atoms with Crippen LogP contribution in [-0.2, 0) is 4.74 Å². The topological polar surface area (TPSA) is 9.23 Å². The molecule has 4 fully saturated rings. The van der Waals surface area contributed by atoms with E-state index in [1.165, 1.54) is 51.4 Å². The van der Waals surface area contributed by atoms with E-state index in [0.29, 0.717) is 11.5 Å². The smallest absolute Gasteiger partial charge is 0.0629 e. The average molecular weight is 290 g/mol. The third kappa shape index (κ3) is 2.13. The lowest BCUT2D eigenvalue weighted by Gasteiger charge is -2.55. The standard InChI is InChI=1S/C20H34O/c1-4-19-20(3)10-9-16-15-7-5-13(2)11-14(15)6-8-17(16)18(20)12-21-19/h13-19H,4-12H2,1-3H3. The first-order valence-corrected chi connectivity index (χ1v) is 9.75. The van der Waals surface area contributed by atoms with Crippen molar-refractivity contribution in [3.63, 3.8) is 0 Å². The van der Waals surface area contributed by atoms with Gasteiger partial charge in [0.15, 0.2) is 0 Å². The molecule has 4 aliphatic rings. The van der Waals surface area contributed by atoms with Crippen LogP contribution in [0.4, 0.5) is 0 Å². The molecule has 1 heteroatoms. The zero-order valence-electron chi connectivity index (χ0n) is 14.3. The molecule has 0 aromatic carbocycles. The monoisotopic (exact) mass is 290 g/mol. The zero-order chi connectivity index (χ0) is 14.6. The van der Waals surface area contributed by atoms with E-state index in [4.69, 9.17) is 4.74 Å². The molecule has 0 amide bonds. The fourth-order valence-electron chi connectivity index (χ4n) is 7.14. The van der Waals surface area contributed by atoms with Gasteiger partial charge in [0.25, 0.3) is 0 Å². The van der Waals surface area contributed by atoms with Crippen molar-refractivity contribution >= 4 is 0 Å². The second-order valence-corrected chi connectivity index (χ2v) is 9.13. The molecule has 1 heterocycles. The lowest BCUT2D eigenvalue weighted by molar-refractivity contribution is -0.0581. The lowest BCUT2D eigenvalue weighted by Crippen LogP contribution is -2.49. The Morgan fingerprint density at radius 3 is 2.62 bits per heavy atom. The molecule has 0 aromatic heterocycles. The summed E-state index contributed by atoms with van der Waals surface area (Å²) in [4.78, 5) is 0. The second-order valence-electron chi connectivity index (χ2n) is 9.13. The summed E-state index contributed by atoms with van der Waals surface area (Å²) in [5, 5.41) is 0. The third-order valence-corrected chi connectivity index (χ3v) is 8.24. The minimum absolute atomic E-state index is 0.505. The molecule has 0 N–H and O–H groups in total. The van der Waals surface area contributed by atoms with E-state index < -0.39 is 0 Å². The Balaban J connectivity index is 1.55. The van der Waals surface area contributed by atoms with Crippen LogP contribution in [-0.4, -0.2) is 12.7 Å². The van der Waals surface area contributed by atoms with Gasteiger partial charge in [0.2, 0.25) is 0 Å². The molecule has 8 unspecified atom stereocenters. The van der Waals surface area contributed by atoms with Gasteiger partial charge in [0.1, 0.15) is 0 Å². The highest BCUT2D eigenvalue weighted by atomic mass is 16.5. The number of ether oxygens (including phenoxy) is 1. The van der Waals surface area contributed by atoms with Crippen LogP contribution in [0, 0.1) is 40.9 Å². The third-order valence-electron chi connectivity index (χ3n) is 8.24. The number of hydrogen-bond acceptors (Lipinski definition) is 1. The van der Waals surface area contributed by atoms with E-state index in [9.17, 15) is 0 Å². The van der Waals surface area contributed by atoms with Crippen LogP contribution in [0.5, 0.6) is 0 Å². The van der Waals surface area contributed by atoms with Crippen LogP contribution >= 0.6 is 0 Å². The van der Waals surface area contributed by atoms with E-state index in [-0.39, 0.29) is 0 Å². The van der Waals surface area contributed by atoms with E-state index in [2.05, 4.69) is 20.8 Å². The van der Waals surface area contributed by atoms with Gasteiger partial charge < -0.3 is 4.74 Å². The Morgan fingerprint density at radius 2 is 1.81 bits per heavy atom. The predicted octanol–water partition coefficient (Wildman–Crippen LogP) is 5.29. The minimum atomic E-state index is 0.505. The normalized spacial score (nSPS) is 56.4. The summed E-state index contributed by atoms with van der Waals surface area (Å²) in [7, 11) is 0. The first kappa shape index (κ1) is 14.5. The first-order chi connectivity index (χ1) is 10.1. The fraction of sp³-hybridized carbons (Fsp3) is 1.00. The molecule has 21 heavy (non-hydrogen) atoms. The lowest BCUT2D eigenvalue weighted by atomic mass is 9.49. The van der Waals surface area contributed by atoms with Crippen molar-refractivity contribution in [3.8, 4) is 0 Å². The maximum absolute atomic E-state index is 6.25. The molecular weight excluding hydrogens is 256 g/mol. The number of rotatable bonds is 1. The molecule has 3 aliphatic carbocycles. The minimum Gasteiger partial charge on any atom is -0.377 e. The van der Waals surface area contributed by atoms with Crippen molar-refractivity contribution in [1.82, 2.24) is 0 Å². The van der Waals surface area contributed by atoms with Crippen molar-refractivity contribution in [1.29, 1.82) is 0 Å². The van der Waals surface area contributed by atoms with Crippen molar-refractivity contribution in [2.24, 2.45) is 40.9 Å². The Hall–Kier alpha value is -0.0400. The van der Waals surface area contributed by atoms with Gasteiger partial charge >= 0.3 is 0 Å².